The summed E-state index contributed by atoms with van der Waals surface area (Å²) in [7, 11) is 0. The van der Waals surface area contributed by atoms with E-state index in [4.69, 9.17) is 11.6 Å². The highest BCUT2D eigenvalue weighted by atomic mass is 35.5. The van der Waals surface area contributed by atoms with Gasteiger partial charge in [0.25, 0.3) is 0 Å². The molecule has 1 fully saturated rings. The van der Waals surface area contributed by atoms with Gasteiger partial charge in [0.15, 0.2) is 0 Å². The summed E-state index contributed by atoms with van der Waals surface area (Å²) in [5.74, 6) is 0.381. The highest BCUT2D eigenvalue weighted by molar-refractivity contribution is 6.32. The topological polar surface area (TPSA) is 32.3 Å². The third-order valence-electron chi connectivity index (χ3n) is 3.88. The fraction of sp³-hybridized carbons (Fsp3) is 0.500. The molecule has 19 heavy (non-hydrogen) atoms. The van der Waals surface area contributed by atoms with Crippen LogP contribution in [0.2, 0.25) is 5.02 Å². The lowest BCUT2D eigenvalue weighted by atomic mass is 9.98. The molecule has 0 aromatic heterocycles. The summed E-state index contributed by atoms with van der Waals surface area (Å²) in [6.07, 6.45) is 2.96. The van der Waals surface area contributed by atoms with Gasteiger partial charge < -0.3 is 10.2 Å². The Morgan fingerprint density at radius 2 is 2.26 bits per heavy atom. The van der Waals surface area contributed by atoms with Crippen LogP contribution in [0.15, 0.2) is 18.2 Å². The predicted molar refractivity (Wildman–Crippen MR) is 80.4 cm³/mol. The minimum Gasteiger partial charge on any atom is -0.316 e. The normalized spacial score (nSPS) is 21.7. The van der Waals surface area contributed by atoms with Crippen molar-refractivity contribution in [1.29, 1.82) is 0 Å². The summed E-state index contributed by atoms with van der Waals surface area (Å²) in [5, 5.41) is 4.08. The number of fused-ring (bicyclic) bond motifs is 1. The quantitative estimate of drug-likeness (QED) is 0.865. The monoisotopic (exact) mass is 300 g/mol. The number of halogens is 2. The van der Waals surface area contributed by atoms with Crippen molar-refractivity contribution in [3.63, 3.8) is 0 Å². The maximum absolute atomic E-state index is 12.5. The van der Waals surface area contributed by atoms with E-state index in [9.17, 15) is 4.79 Å². The Morgan fingerprint density at radius 3 is 3.00 bits per heavy atom. The van der Waals surface area contributed by atoms with Gasteiger partial charge in [-0.2, -0.15) is 0 Å². The largest absolute Gasteiger partial charge is 0.316 e. The molecule has 2 heterocycles. The van der Waals surface area contributed by atoms with Gasteiger partial charge in [0.05, 0.1) is 5.92 Å². The van der Waals surface area contributed by atoms with Crippen molar-refractivity contribution in [3.05, 3.63) is 28.8 Å². The van der Waals surface area contributed by atoms with E-state index in [0.717, 1.165) is 55.2 Å². The second-order valence-electron chi connectivity index (χ2n) is 5.02. The molecule has 1 unspecified atom stereocenters. The van der Waals surface area contributed by atoms with Gasteiger partial charge in [0.1, 0.15) is 0 Å². The molecule has 3 nitrogen and oxygen atoms in total. The molecule has 3 rings (SSSR count). The van der Waals surface area contributed by atoms with Crippen LogP contribution in [0.5, 0.6) is 0 Å². The Kier molecular flexibility index (Phi) is 4.71. The molecule has 0 radical (unpaired) electrons. The number of hydrogen-bond acceptors (Lipinski definition) is 2. The summed E-state index contributed by atoms with van der Waals surface area (Å²) in [6.45, 7) is 2.62. The van der Waals surface area contributed by atoms with E-state index in [-0.39, 0.29) is 24.2 Å². The van der Waals surface area contributed by atoms with Crippen LogP contribution in [-0.4, -0.2) is 25.5 Å². The number of benzene rings is 1. The van der Waals surface area contributed by atoms with Crippen LogP contribution in [0.4, 0.5) is 5.69 Å². The van der Waals surface area contributed by atoms with Crippen LogP contribution in [-0.2, 0) is 11.2 Å². The molecule has 1 aromatic rings. The Labute approximate surface area is 124 Å². The van der Waals surface area contributed by atoms with Crippen molar-refractivity contribution in [2.45, 2.75) is 19.3 Å². The maximum Gasteiger partial charge on any atom is 0.231 e. The lowest BCUT2D eigenvalue weighted by Crippen LogP contribution is -2.42. The third-order valence-corrected chi connectivity index (χ3v) is 4.24. The average molecular weight is 301 g/mol. The van der Waals surface area contributed by atoms with Crippen LogP contribution >= 0.6 is 24.0 Å². The molecule has 1 N–H and O–H groups in total. The number of carbonyl (C=O) groups excluding carboxylic acids is 1. The van der Waals surface area contributed by atoms with E-state index in [1.54, 1.807) is 0 Å². The zero-order chi connectivity index (χ0) is 12.5. The number of rotatable bonds is 1. The van der Waals surface area contributed by atoms with Crippen LogP contribution in [0.3, 0.4) is 0 Å². The number of nitrogens with one attached hydrogen (secondary N) is 1. The van der Waals surface area contributed by atoms with Crippen molar-refractivity contribution in [2.24, 2.45) is 5.92 Å². The molecular weight excluding hydrogens is 283 g/mol. The molecule has 1 aromatic carbocycles. The fourth-order valence-electron chi connectivity index (χ4n) is 2.90. The van der Waals surface area contributed by atoms with E-state index in [2.05, 4.69) is 5.32 Å². The van der Waals surface area contributed by atoms with Crippen LogP contribution in [0.25, 0.3) is 0 Å². The first-order valence-electron chi connectivity index (χ1n) is 6.57. The molecule has 2 aliphatic rings. The summed E-state index contributed by atoms with van der Waals surface area (Å²) in [4.78, 5) is 14.4. The molecule has 104 valence electrons. The Bertz CT molecular complexity index is 473. The number of anilines is 1. The minimum atomic E-state index is 0. The minimum absolute atomic E-state index is 0. The number of piperidine rings is 1. The smallest absolute Gasteiger partial charge is 0.231 e. The van der Waals surface area contributed by atoms with Crippen molar-refractivity contribution in [1.82, 2.24) is 5.32 Å². The molecule has 1 atom stereocenters. The van der Waals surface area contributed by atoms with Gasteiger partial charge in [-0.15, -0.1) is 12.4 Å². The molecule has 2 aliphatic heterocycles. The molecule has 1 saturated heterocycles. The first-order chi connectivity index (χ1) is 8.77. The van der Waals surface area contributed by atoms with Gasteiger partial charge in [0.2, 0.25) is 5.91 Å². The van der Waals surface area contributed by atoms with Gasteiger partial charge in [-0.3, -0.25) is 4.79 Å². The molecule has 0 spiro atoms. The zero-order valence-electron chi connectivity index (χ0n) is 10.7. The Hall–Kier alpha value is -0.770. The zero-order valence-corrected chi connectivity index (χ0v) is 12.3. The van der Waals surface area contributed by atoms with E-state index >= 15 is 0 Å². The highest BCUT2D eigenvalue weighted by Crippen LogP contribution is 2.34. The van der Waals surface area contributed by atoms with Crippen molar-refractivity contribution in [3.8, 4) is 0 Å². The predicted octanol–water partition coefficient (Wildman–Crippen LogP) is 2.65. The number of carbonyl (C=O) groups is 1. The second kappa shape index (κ2) is 6.12. The highest BCUT2D eigenvalue weighted by Gasteiger charge is 2.31. The van der Waals surface area contributed by atoms with Crippen LogP contribution in [0.1, 0.15) is 18.4 Å². The molecule has 0 aliphatic carbocycles. The molecule has 1 amide bonds. The summed E-state index contributed by atoms with van der Waals surface area (Å²) in [6, 6.07) is 5.82. The van der Waals surface area contributed by atoms with Crippen molar-refractivity contribution >= 4 is 35.6 Å². The average Bonchev–Trinajstić information content (AvgIpc) is 2.84. The van der Waals surface area contributed by atoms with Gasteiger partial charge in [0, 0.05) is 23.8 Å². The maximum atomic E-state index is 12.5. The van der Waals surface area contributed by atoms with Crippen LogP contribution in [0, 0.1) is 5.92 Å². The first-order valence-corrected chi connectivity index (χ1v) is 6.94. The molecular formula is C14H18Cl2N2O. The van der Waals surface area contributed by atoms with E-state index < -0.39 is 0 Å². The Balaban J connectivity index is 0.00000133. The Morgan fingerprint density at radius 1 is 1.42 bits per heavy atom. The van der Waals surface area contributed by atoms with E-state index in [1.807, 2.05) is 23.1 Å². The van der Waals surface area contributed by atoms with Crippen LogP contribution < -0.4 is 10.2 Å². The van der Waals surface area contributed by atoms with Crippen molar-refractivity contribution < 1.29 is 4.79 Å². The molecule has 5 heteroatoms. The van der Waals surface area contributed by atoms with Gasteiger partial charge in [-0.05, 0) is 43.5 Å². The summed E-state index contributed by atoms with van der Waals surface area (Å²) >= 11 is 6.18. The summed E-state index contributed by atoms with van der Waals surface area (Å²) < 4.78 is 0. The van der Waals surface area contributed by atoms with E-state index in [1.165, 1.54) is 0 Å². The fourth-order valence-corrected chi connectivity index (χ4v) is 3.17. The summed E-state index contributed by atoms with van der Waals surface area (Å²) in [5.41, 5.74) is 2.13. The van der Waals surface area contributed by atoms with E-state index in [0.29, 0.717) is 0 Å². The second-order valence-corrected chi connectivity index (χ2v) is 5.43. The molecule has 0 bridgehead atoms. The lowest BCUT2D eigenvalue weighted by molar-refractivity contribution is -0.122. The number of nitrogens with zero attached hydrogens (tertiary/aromatic N) is 1. The standard InChI is InChI=1S/C14H17ClN2O.ClH/c15-12-4-1-5-13-11(12)6-8-17(13)14(18)10-3-2-7-16-9-10;/h1,4-5,10,16H,2-3,6-9H2;1H. The van der Waals surface area contributed by atoms with Gasteiger partial charge in [-0.25, -0.2) is 0 Å². The number of amides is 1. The van der Waals surface area contributed by atoms with Gasteiger partial charge in [-0.1, -0.05) is 17.7 Å². The molecule has 0 saturated carbocycles. The third kappa shape index (κ3) is 2.73. The number of hydrogen-bond donors (Lipinski definition) is 1. The SMILES string of the molecule is Cl.O=C(C1CCCNC1)N1CCc2c(Cl)cccc21. The first kappa shape index (κ1) is 14.6. The van der Waals surface area contributed by atoms with Crippen molar-refractivity contribution in [2.75, 3.05) is 24.5 Å². The van der Waals surface area contributed by atoms with Gasteiger partial charge >= 0.3 is 0 Å². The lowest BCUT2D eigenvalue weighted by Gasteiger charge is -2.27.